The van der Waals surface area contributed by atoms with E-state index >= 15 is 0 Å². The van der Waals surface area contributed by atoms with Crippen LogP contribution in [-0.2, 0) is 0 Å². The highest BCUT2D eigenvalue weighted by Crippen LogP contribution is 2.04. The van der Waals surface area contributed by atoms with Gasteiger partial charge in [-0.15, -0.1) is 0 Å². The fourth-order valence-corrected chi connectivity index (χ4v) is 2.12. The molecule has 1 saturated heterocycles. The Morgan fingerprint density at radius 2 is 1.87 bits per heavy atom. The molecule has 0 aromatic rings. The SMILES string of the molecule is CCCN1CCCN(CC(O)CN)CC1. The Morgan fingerprint density at radius 3 is 2.53 bits per heavy atom. The molecule has 1 unspecified atom stereocenters. The Labute approximate surface area is 93.0 Å². The third-order valence-electron chi connectivity index (χ3n) is 2.96. The maximum Gasteiger partial charge on any atom is 0.0789 e. The molecule has 1 aliphatic heterocycles. The van der Waals surface area contributed by atoms with Gasteiger partial charge in [0.1, 0.15) is 0 Å². The van der Waals surface area contributed by atoms with Gasteiger partial charge in [-0.05, 0) is 32.5 Å². The fourth-order valence-electron chi connectivity index (χ4n) is 2.12. The third-order valence-corrected chi connectivity index (χ3v) is 2.96. The Kier molecular flexibility index (Phi) is 6.17. The summed E-state index contributed by atoms with van der Waals surface area (Å²) in [6.07, 6.45) is 2.07. The predicted octanol–water partition coefficient (Wildman–Crippen LogP) is -0.276. The van der Waals surface area contributed by atoms with Crippen molar-refractivity contribution in [2.45, 2.75) is 25.9 Å². The summed E-state index contributed by atoms with van der Waals surface area (Å²) in [4.78, 5) is 4.84. The van der Waals surface area contributed by atoms with Crippen LogP contribution in [0.5, 0.6) is 0 Å². The van der Waals surface area contributed by atoms with E-state index < -0.39 is 0 Å². The zero-order chi connectivity index (χ0) is 11.1. The first-order valence-corrected chi connectivity index (χ1v) is 6.09. The summed E-state index contributed by atoms with van der Waals surface area (Å²) >= 11 is 0. The molecule has 3 N–H and O–H groups in total. The van der Waals surface area contributed by atoms with E-state index in [1.165, 1.54) is 25.9 Å². The molecule has 15 heavy (non-hydrogen) atoms. The van der Waals surface area contributed by atoms with Gasteiger partial charge in [0, 0.05) is 26.2 Å². The van der Waals surface area contributed by atoms with Crippen molar-refractivity contribution >= 4 is 0 Å². The van der Waals surface area contributed by atoms with E-state index in [2.05, 4.69) is 16.7 Å². The molecule has 0 radical (unpaired) electrons. The van der Waals surface area contributed by atoms with Crippen molar-refractivity contribution in [3.05, 3.63) is 0 Å². The van der Waals surface area contributed by atoms with E-state index in [0.717, 1.165) is 26.2 Å². The molecule has 0 amide bonds. The third kappa shape index (κ3) is 4.93. The van der Waals surface area contributed by atoms with Crippen molar-refractivity contribution in [3.63, 3.8) is 0 Å². The van der Waals surface area contributed by atoms with E-state index in [1.807, 2.05) is 0 Å². The van der Waals surface area contributed by atoms with Crippen LogP contribution in [0, 0.1) is 0 Å². The summed E-state index contributed by atoms with van der Waals surface area (Å²) in [5.74, 6) is 0. The zero-order valence-corrected chi connectivity index (χ0v) is 9.86. The first kappa shape index (κ1) is 12.9. The fraction of sp³-hybridized carbons (Fsp3) is 1.00. The molecular formula is C11H25N3O. The molecule has 90 valence electrons. The van der Waals surface area contributed by atoms with Gasteiger partial charge in [0.05, 0.1) is 6.10 Å². The van der Waals surface area contributed by atoms with Crippen molar-refractivity contribution in [3.8, 4) is 0 Å². The van der Waals surface area contributed by atoms with Crippen LogP contribution in [0.4, 0.5) is 0 Å². The lowest BCUT2D eigenvalue weighted by Gasteiger charge is -2.23. The van der Waals surface area contributed by atoms with E-state index in [1.54, 1.807) is 0 Å². The standard InChI is InChI=1S/C11H25N3O/c1-2-4-13-5-3-6-14(8-7-13)10-11(15)9-12/h11,15H,2-10,12H2,1H3. The van der Waals surface area contributed by atoms with Crippen LogP contribution in [-0.4, -0.2) is 66.8 Å². The topological polar surface area (TPSA) is 52.7 Å². The second kappa shape index (κ2) is 7.17. The molecule has 0 aromatic carbocycles. The smallest absolute Gasteiger partial charge is 0.0789 e. The van der Waals surface area contributed by atoms with E-state index in [0.29, 0.717) is 6.54 Å². The van der Waals surface area contributed by atoms with Gasteiger partial charge in [0.15, 0.2) is 0 Å². The molecule has 0 aliphatic carbocycles. The second-order valence-electron chi connectivity index (χ2n) is 4.39. The van der Waals surface area contributed by atoms with Crippen LogP contribution in [0.25, 0.3) is 0 Å². The largest absolute Gasteiger partial charge is 0.390 e. The minimum Gasteiger partial charge on any atom is -0.390 e. The second-order valence-corrected chi connectivity index (χ2v) is 4.39. The minimum absolute atomic E-state index is 0.359. The molecule has 4 heteroatoms. The monoisotopic (exact) mass is 215 g/mol. The van der Waals surface area contributed by atoms with Crippen LogP contribution < -0.4 is 5.73 Å². The predicted molar refractivity (Wildman–Crippen MR) is 62.8 cm³/mol. The molecule has 1 fully saturated rings. The van der Waals surface area contributed by atoms with Crippen LogP contribution in [0.3, 0.4) is 0 Å². The van der Waals surface area contributed by atoms with Gasteiger partial charge in [0.2, 0.25) is 0 Å². The first-order chi connectivity index (χ1) is 7.26. The summed E-state index contributed by atoms with van der Waals surface area (Å²) < 4.78 is 0. The van der Waals surface area contributed by atoms with Crippen molar-refractivity contribution in [1.82, 2.24) is 9.80 Å². The highest BCUT2D eigenvalue weighted by molar-refractivity contribution is 4.72. The maximum atomic E-state index is 9.49. The lowest BCUT2D eigenvalue weighted by Crippen LogP contribution is -2.38. The van der Waals surface area contributed by atoms with E-state index in [9.17, 15) is 5.11 Å². The van der Waals surface area contributed by atoms with Gasteiger partial charge in [-0.3, -0.25) is 4.90 Å². The number of rotatable bonds is 5. The summed E-state index contributed by atoms with van der Waals surface area (Å²) in [7, 11) is 0. The van der Waals surface area contributed by atoms with Gasteiger partial charge in [0.25, 0.3) is 0 Å². The van der Waals surface area contributed by atoms with Gasteiger partial charge < -0.3 is 15.7 Å². The maximum absolute atomic E-state index is 9.49. The summed E-state index contributed by atoms with van der Waals surface area (Å²) in [5.41, 5.74) is 5.42. The summed E-state index contributed by atoms with van der Waals surface area (Å²) in [5, 5.41) is 9.49. The van der Waals surface area contributed by atoms with E-state index in [4.69, 9.17) is 5.73 Å². The Morgan fingerprint density at radius 1 is 1.20 bits per heavy atom. The number of β-amino-alcohol motifs (C(OH)–C–C–N with tert-alkyl or cyclic N) is 1. The van der Waals surface area contributed by atoms with Gasteiger partial charge in [-0.1, -0.05) is 6.92 Å². The molecule has 4 nitrogen and oxygen atoms in total. The molecule has 1 atom stereocenters. The molecule has 0 bridgehead atoms. The molecule has 1 rings (SSSR count). The van der Waals surface area contributed by atoms with E-state index in [-0.39, 0.29) is 6.10 Å². The molecular weight excluding hydrogens is 190 g/mol. The van der Waals surface area contributed by atoms with Crippen molar-refractivity contribution in [1.29, 1.82) is 0 Å². The van der Waals surface area contributed by atoms with Crippen molar-refractivity contribution < 1.29 is 5.11 Å². The zero-order valence-electron chi connectivity index (χ0n) is 9.86. The average molecular weight is 215 g/mol. The van der Waals surface area contributed by atoms with Crippen LogP contribution in [0.2, 0.25) is 0 Å². The normalized spacial score (nSPS) is 22.6. The molecule has 0 aromatic heterocycles. The molecule has 0 saturated carbocycles. The molecule has 1 aliphatic rings. The van der Waals surface area contributed by atoms with Gasteiger partial charge in [-0.2, -0.15) is 0 Å². The Bertz CT molecular complexity index is 166. The first-order valence-electron chi connectivity index (χ1n) is 6.09. The Balaban J connectivity index is 2.26. The number of aliphatic hydroxyl groups is 1. The summed E-state index contributed by atoms with van der Waals surface area (Å²) in [6, 6.07) is 0. The lowest BCUT2D eigenvalue weighted by atomic mass is 10.3. The van der Waals surface area contributed by atoms with Crippen molar-refractivity contribution in [2.75, 3.05) is 45.8 Å². The van der Waals surface area contributed by atoms with Gasteiger partial charge >= 0.3 is 0 Å². The number of nitrogens with zero attached hydrogens (tertiary/aromatic N) is 2. The molecule has 0 spiro atoms. The summed E-state index contributed by atoms with van der Waals surface area (Å²) in [6.45, 7) is 9.02. The lowest BCUT2D eigenvalue weighted by molar-refractivity contribution is 0.120. The Hall–Kier alpha value is -0.160. The quantitative estimate of drug-likeness (QED) is 0.662. The molecule has 1 heterocycles. The van der Waals surface area contributed by atoms with Crippen molar-refractivity contribution in [2.24, 2.45) is 5.73 Å². The highest BCUT2D eigenvalue weighted by atomic mass is 16.3. The van der Waals surface area contributed by atoms with Crippen LogP contribution >= 0.6 is 0 Å². The number of hydrogen-bond donors (Lipinski definition) is 2. The van der Waals surface area contributed by atoms with Gasteiger partial charge in [-0.25, -0.2) is 0 Å². The number of hydrogen-bond acceptors (Lipinski definition) is 4. The van der Waals surface area contributed by atoms with Crippen LogP contribution in [0.15, 0.2) is 0 Å². The average Bonchev–Trinajstić information content (AvgIpc) is 2.45. The minimum atomic E-state index is -0.359. The van der Waals surface area contributed by atoms with Crippen LogP contribution in [0.1, 0.15) is 19.8 Å². The number of aliphatic hydroxyl groups excluding tert-OH is 1. The highest BCUT2D eigenvalue weighted by Gasteiger charge is 2.15. The number of nitrogens with two attached hydrogens (primary N) is 1.